The highest BCUT2D eigenvalue weighted by Gasteiger charge is 2.28. The minimum atomic E-state index is 0.745. The van der Waals surface area contributed by atoms with Gasteiger partial charge in [-0.25, -0.2) is 0 Å². The second kappa shape index (κ2) is 7.30. The van der Waals surface area contributed by atoms with Crippen LogP contribution in [0.3, 0.4) is 0 Å². The monoisotopic (exact) mass is 265 g/mol. The van der Waals surface area contributed by atoms with Crippen molar-refractivity contribution in [1.29, 1.82) is 0 Å². The zero-order valence-electron chi connectivity index (χ0n) is 11.8. The van der Waals surface area contributed by atoms with Crippen LogP contribution in [0.1, 0.15) is 51.5 Å². The summed E-state index contributed by atoms with van der Waals surface area (Å²) in [5.74, 6) is 1.87. The van der Waals surface area contributed by atoms with Crippen molar-refractivity contribution >= 4 is 11.3 Å². The molecule has 1 heterocycles. The average Bonchev–Trinajstić information content (AvgIpc) is 3.01. The molecule has 0 bridgehead atoms. The molecule has 0 spiro atoms. The van der Waals surface area contributed by atoms with E-state index in [0.29, 0.717) is 0 Å². The Morgan fingerprint density at radius 1 is 1.44 bits per heavy atom. The predicted molar refractivity (Wildman–Crippen MR) is 81.2 cm³/mol. The van der Waals surface area contributed by atoms with Gasteiger partial charge < -0.3 is 5.32 Å². The summed E-state index contributed by atoms with van der Waals surface area (Å²) in [6.07, 6.45) is 8.12. The first-order valence-electron chi connectivity index (χ1n) is 7.54. The first-order chi connectivity index (χ1) is 8.79. The number of aryl methyl sites for hydroxylation is 1. The van der Waals surface area contributed by atoms with Crippen molar-refractivity contribution in [3.8, 4) is 0 Å². The first-order valence-corrected chi connectivity index (χ1v) is 8.48. The average molecular weight is 265 g/mol. The molecule has 0 radical (unpaired) electrons. The maximum Gasteiger partial charge on any atom is 0.00985 e. The summed E-state index contributed by atoms with van der Waals surface area (Å²) < 4.78 is 0. The Kier molecular flexibility index (Phi) is 5.71. The molecular weight excluding hydrogens is 238 g/mol. The lowest BCUT2D eigenvalue weighted by molar-refractivity contribution is 0.333. The highest BCUT2D eigenvalue weighted by Crippen LogP contribution is 2.34. The van der Waals surface area contributed by atoms with E-state index in [2.05, 4.69) is 36.0 Å². The number of rotatable bonds is 7. The Bertz CT molecular complexity index is 320. The summed E-state index contributed by atoms with van der Waals surface area (Å²) >= 11 is 1.82. The van der Waals surface area contributed by atoms with Crippen LogP contribution in [0.5, 0.6) is 0 Å². The molecule has 2 heteroatoms. The second-order valence-corrected chi connectivity index (χ2v) is 6.69. The predicted octanol–water partition coefficient (Wildman–Crippen LogP) is 4.49. The van der Waals surface area contributed by atoms with Crippen molar-refractivity contribution in [3.63, 3.8) is 0 Å². The molecule has 3 atom stereocenters. The molecule has 102 valence electrons. The van der Waals surface area contributed by atoms with Crippen LogP contribution in [0.2, 0.25) is 0 Å². The molecule has 1 aromatic heterocycles. The number of hydrogen-bond acceptors (Lipinski definition) is 2. The van der Waals surface area contributed by atoms with Gasteiger partial charge in [0.25, 0.3) is 0 Å². The van der Waals surface area contributed by atoms with E-state index in [1.165, 1.54) is 50.6 Å². The molecule has 1 aromatic rings. The summed E-state index contributed by atoms with van der Waals surface area (Å²) in [5, 5.41) is 8.29. The van der Waals surface area contributed by atoms with E-state index in [9.17, 15) is 0 Å². The molecule has 0 aromatic carbocycles. The fourth-order valence-corrected chi connectivity index (χ4v) is 3.91. The van der Waals surface area contributed by atoms with E-state index in [1.54, 1.807) is 0 Å². The fraction of sp³-hybridized carbons (Fsp3) is 0.750. The minimum Gasteiger partial charge on any atom is -0.314 e. The Hall–Kier alpha value is -0.340. The van der Waals surface area contributed by atoms with Gasteiger partial charge >= 0.3 is 0 Å². The fourth-order valence-electron chi connectivity index (χ4n) is 3.21. The van der Waals surface area contributed by atoms with Gasteiger partial charge in [0.05, 0.1) is 0 Å². The van der Waals surface area contributed by atoms with E-state index >= 15 is 0 Å². The SMILES string of the molecule is CCCNC(CCc1ccsc1)C1CCC(C)C1. The van der Waals surface area contributed by atoms with Gasteiger partial charge in [0.2, 0.25) is 0 Å². The van der Waals surface area contributed by atoms with E-state index in [1.807, 2.05) is 11.3 Å². The standard InChI is InChI=1S/C16H27NS/c1-3-9-17-16(15-6-4-13(2)11-15)7-5-14-8-10-18-12-14/h8,10,12-13,15-17H,3-7,9,11H2,1-2H3. The summed E-state index contributed by atoms with van der Waals surface area (Å²) in [6.45, 7) is 5.86. The highest BCUT2D eigenvalue weighted by molar-refractivity contribution is 7.07. The Balaban J connectivity index is 1.84. The maximum atomic E-state index is 3.80. The van der Waals surface area contributed by atoms with Gasteiger partial charge in [0.15, 0.2) is 0 Å². The summed E-state index contributed by atoms with van der Waals surface area (Å²) in [7, 11) is 0. The van der Waals surface area contributed by atoms with Crippen LogP contribution in [0.4, 0.5) is 0 Å². The third kappa shape index (κ3) is 4.10. The van der Waals surface area contributed by atoms with Crippen molar-refractivity contribution in [2.45, 2.75) is 58.4 Å². The van der Waals surface area contributed by atoms with Gasteiger partial charge in [-0.05, 0) is 72.9 Å². The molecule has 1 aliphatic rings. The molecule has 1 nitrogen and oxygen atoms in total. The van der Waals surface area contributed by atoms with Crippen LogP contribution in [-0.2, 0) is 6.42 Å². The van der Waals surface area contributed by atoms with Crippen molar-refractivity contribution in [2.75, 3.05) is 6.54 Å². The molecule has 1 fully saturated rings. The van der Waals surface area contributed by atoms with Gasteiger partial charge in [-0.1, -0.05) is 20.3 Å². The van der Waals surface area contributed by atoms with E-state index in [0.717, 1.165) is 17.9 Å². The summed E-state index contributed by atoms with van der Waals surface area (Å²) in [4.78, 5) is 0. The molecule has 0 aliphatic heterocycles. The van der Waals surface area contributed by atoms with Gasteiger partial charge in [-0.3, -0.25) is 0 Å². The van der Waals surface area contributed by atoms with Crippen molar-refractivity contribution in [1.82, 2.24) is 5.32 Å². The molecule has 2 rings (SSSR count). The van der Waals surface area contributed by atoms with Gasteiger partial charge in [0, 0.05) is 6.04 Å². The van der Waals surface area contributed by atoms with E-state index in [-0.39, 0.29) is 0 Å². The lowest BCUT2D eigenvalue weighted by atomic mass is 9.92. The quantitative estimate of drug-likeness (QED) is 0.766. The normalized spacial score (nSPS) is 25.4. The molecule has 1 aliphatic carbocycles. The molecule has 1 saturated carbocycles. The van der Waals surface area contributed by atoms with Crippen LogP contribution >= 0.6 is 11.3 Å². The molecule has 3 unspecified atom stereocenters. The third-order valence-electron chi connectivity index (χ3n) is 4.29. The van der Waals surface area contributed by atoms with E-state index in [4.69, 9.17) is 0 Å². The maximum absolute atomic E-state index is 3.80. The Morgan fingerprint density at radius 3 is 2.94 bits per heavy atom. The lowest BCUT2D eigenvalue weighted by Crippen LogP contribution is -2.36. The Labute approximate surface area is 116 Å². The molecule has 0 saturated heterocycles. The van der Waals surface area contributed by atoms with Crippen molar-refractivity contribution < 1.29 is 0 Å². The summed E-state index contributed by atoms with van der Waals surface area (Å²) in [5.41, 5.74) is 1.52. The highest BCUT2D eigenvalue weighted by atomic mass is 32.1. The number of hydrogen-bond donors (Lipinski definition) is 1. The largest absolute Gasteiger partial charge is 0.314 e. The van der Waals surface area contributed by atoms with Crippen LogP contribution in [0.15, 0.2) is 16.8 Å². The molecule has 18 heavy (non-hydrogen) atoms. The van der Waals surface area contributed by atoms with Crippen molar-refractivity contribution in [3.05, 3.63) is 22.4 Å². The van der Waals surface area contributed by atoms with Crippen LogP contribution < -0.4 is 5.32 Å². The molecule has 0 amide bonds. The lowest BCUT2D eigenvalue weighted by Gasteiger charge is -2.25. The van der Waals surface area contributed by atoms with Gasteiger partial charge in [-0.2, -0.15) is 11.3 Å². The smallest absolute Gasteiger partial charge is 0.00985 e. The Morgan fingerprint density at radius 2 is 2.33 bits per heavy atom. The van der Waals surface area contributed by atoms with Crippen molar-refractivity contribution in [2.24, 2.45) is 11.8 Å². The number of nitrogens with one attached hydrogen (secondary N) is 1. The van der Waals surface area contributed by atoms with Gasteiger partial charge in [0.1, 0.15) is 0 Å². The zero-order chi connectivity index (χ0) is 12.8. The van der Waals surface area contributed by atoms with Crippen LogP contribution in [-0.4, -0.2) is 12.6 Å². The van der Waals surface area contributed by atoms with Gasteiger partial charge in [-0.15, -0.1) is 0 Å². The van der Waals surface area contributed by atoms with Crippen LogP contribution in [0, 0.1) is 11.8 Å². The molecule has 1 N–H and O–H groups in total. The second-order valence-electron chi connectivity index (χ2n) is 5.91. The molecular formula is C16H27NS. The topological polar surface area (TPSA) is 12.0 Å². The number of thiophene rings is 1. The van der Waals surface area contributed by atoms with Crippen LogP contribution in [0.25, 0.3) is 0 Å². The first kappa shape index (κ1) is 14.1. The minimum absolute atomic E-state index is 0.745. The van der Waals surface area contributed by atoms with E-state index < -0.39 is 0 Å². The third-order valence-corrected chi connectivity index (χ3v) is 5.02. The zero-order valence-corrected chi connectivity index (χ0v) is 12.6. The summed E-state index contributed by atoms with van der Waals surface area (Å²) in [6, 6.07) is 3.02.